The molecule has 1 aliphatic heterocycles. The van der Waals surface area contributed by atoms with Crippen molar-refractivity contribution in [3.8, 4) is 0 Å². The molecule has 4 rings (SSSR count). The van der Waals surface area contributed by atoms with Gasteiger partial charge in [0.1, 0.15) is 5.76 Å². The number of piperidine rings is 1. The van der Waals surface area contributed by atoms with E-state index in [-0.39, 0.29) is 17.7 Å². The van der Waals surface area contributed by atoms with Gasteiger partial charge < -0.3 is 14.7 Å². The maximum Gasteiger partial charge on any atom is 0.273 e. The highest BCUT2D eigenvalue weighted by Crippen LogP contribution is 2.31. The van der Waals surface area contributed by atoms with E-state index in [1.54, 1.807) is 24.3 Å². The van der Waals surface area contributed by atoms with E-state index < -0.39 is 0 Å². The maximum atomic E-state index is 13.1. The van der Waals surface area contributed by atoms with Crippen LogP contribution in [0.3, 0.4) is 0 Å². The average Bonchev–Trinajstić information content (AvgIpc) is 3.32. The lowest BCUT2D eigenvalue weighted by Crippen LogP contribution is -2.44. The molecule has 0 aromatic carbocycles. The van der Waals surface area contributed by atoms with E-state index in [4.69, 9.17) is 4.52 Å². The Kier molecular flexibility index (Phi) is 5.29. The molecule has 27 heavy (non-hydrogen) atoms. The Morgan fingerprint density at radius 3 is 3.00 bits per heavy atom. The molecule has 0 unspecified atom stereocenters. The summed E-state index contributed by atoms with van der Waals surface area (Å²) in [4.78, 5) is 28.6. The molecule has 0 spiro atoms. The van der Waals surface area contributed by atoms with Gasteiger partial charge in [-0.25, -0.2) is 0 Å². The molecule has 0 bridgehead atoms. The standard InChI is InChI=1S/C20H25N3O3S/c1-13-9-17(22-26-13)19(24)21-10-14-5-4-8-23(11-14)20(25)16-12-27-18-7-3-2-6-15(16)18/h9,12,14H,2-8,10-11H2,1H3,(H,21,24)/t14-/m0/s1. The predicted octanol–water partition coefficient (Wildman–Crippen LogP) is 3.21. The molecule has 0 radical (unpaired) electrons. The van der Waals surface area contributed by atoms with Crippen molar-refractivity contribution in [3.05, 3.63) is 38.9 Å². The van der Waals surface area contributed by atoms with Crippen LogP contribution < -0.4 is 5.32 Å². The number of rotatable bonds is 4. The number of fused-ring (bicyclic) bond motifs is 1. The molecule has 144 valence electrons. The third kappa shape index (κ3) is 3.93. The first-order valence-corrected chi connectivity index (χ1v) is 10.6. The second-order valence-electron chi connectivity index (χ2n) is 7.55. The molecule has 1 saturated heterocycles. The van der Waals surface area contributed by atoms with Gasteiger partial charge in [0.05, 0.1) is 5.56 Å². The minimum Gasteiger partial charge on any atom is -0.361 e. The number of likely N-dealkylation sites (tertiary alicyclic amines) is 1. The zero-order valence-corrected chi connectivity index (χ0v) is 16.4. The maximum absolute atomic E-state index is 13.1. The fraction of sp³-hybridized carbons (Fsp3) is 0.550. The van der Waals surface area contributed by atoms with Crippen LogP contribution in [0.15, 0.2) is 16.0 Å². The molecule has 3 heterocycles. The van der Waals surface area contributed by atoms with Crippen molar-refractivity contribution in [2.24, 2.45) is 5.92 Å². The van der Waals surface area contributed by atoms with Crippen LogP contribution in [0.5, 0.6) is 0 Å². The molecule has 2 aromatic heterocycles. The molecule has 2 amide bonds. The topological polar surface area (TPSA) is 75.4 Å². The molecule has 1 aliphatic carbocycles. The van der Waals surface area contributed by atoms with Crippen molar-refractivity contribution in [2.75, 3.05) is 19.6 Å². The summed E-state index contributed by atoms with van der Waals surface area (Å²) in [7, 11) is 0. The third-order valence-electron chi connectivity index (χ3n) is 5.51. The Balaban J connectivity index is 1.36. The highest BCUT2D eigenvalue weighted by atomic mass is 32.1. The molecule has 7 heteroatoms. The number of hydrogen-bond acceptors (Lipinski definition) is 5. The number of carbonyl (C=O) groups is 2. The highest BCUT2D eigenvalue weighted by Gasteiger charge is 2.28. The summed E-state index contributed by atoms with van der Waals surface area (Å²) in [5.41, 5.74) is 2.51. The number of nitrogens with one attached hydrogen (secondary N) is 1. The van der Waals surface area contributed by atoms with E-state index in [1.165, 1.54) is 23.3 Å². The fourth-order valence-electron chi connectivity index (χ4n) is 4.06. The first kappa shape index (κ1) is 18.2. The van der Waals surface area contributed by atoms with Gasteiger partial charge in [-0.05, 0) is 56.9 Å². The van der Waals surface area contributed by atoms with Crippen LogP contribution in [0.4, 0.5) is 0 Å². The third-order valence-corrected chi connectivity index (χ3v) is 6.60. The van der Waals surface area contributed by atoms with E-state index in [9.17, 15) is 9.59 Å². The molecule has 1 atom stereocenters. The van der Waals surface area contributed by atoms with E-state index in [0.717, 1.165) is 37.8 Å². The first-order chi connectivity index (χ1) is 13.1. The van der Waals surface area contributed by atoms with E-state index in [0.29, 0.717) is 24.5 Å². The minimum atomic E-state index is -0.220. The predicted molar refractivity (Wildman–Crippen MR) is 103 cm³/mol. The molecule has 2 aromatic rings. The largest absolute Gasteiger partial charge is 0.361 e. The second kappa shape index (κ2) is 7.84. The highest BCUT2D eigenvalue weighted by molar-refractivity contribution is 7.10. The lowest BCUT2D eigenvalue weighted by molar-refractivity contribution is 0.0670. The van der Waals surface area contributed by atoms with Gasteiger partial charge in [-0.1, -0.05) is 5.16 Å². The normalized spacial score (nSPS) is 19.6. The second-order valence-corrected chi connectivity index (χ2v) is 8.51. The summed E-state index contributed by atoms with van der Waals surface area (Å²) in [5, 5.41) is 8.73. The molecule has 1 N–H and O–H groups in total. The van der Waals surface area contributed by atoms with Crippen LogP contribution in [0.1, 0.15) is 62.7 Å². The lowest BCUT2D eigenvalue weighted by Gasteiger charge is -2.33. The molecule has 6 nitrogen and oxygen atoms in total. The summed E-state index contributed by atoms with van der Waals surface area (Å²) in [5.74, 6) is 0.836. The molecule has 0 saturated carbocycles. The average molecular weight is 388 g/mol. The van der Waals surface area contributed by atoms with Crippen molar-refractivity contribution in [1.29, 1.82) is 0 Å². The Hall–Kier alpha value is -2.15. The van der Waals surface area contributed by atoms with Gasteiger partial charge in [-0.2, -0.15) is 0 Å². The van der Waals surface area contributed by atoms with Gasteiger partial charge in [-0.3, -0.25) is 9.59 Å². The van der Waals surface area contributed by atoms with Gasteiger partial charge >= 0.3 is 0 Å². The number of amides is 2. The Morgan fingerprint density at radius 2 is 2.19 bits per heavy atom. The van der Waals surface area contributed by atoms with E-state index >= 15 is 0 Å². The number of aryl methyl sites for hydroxylation is 2. The van der Waals surface area contributed by atoms with Crippen LogP contribution in [0.2, 0.25) is 0 Å². The number of thiophene rings is 1. The van der Waals surface area contributed by atoms with Gasteiger partial charge in [0.2, 0.25) is 0 Å². The summed E-state index contributed by atoms with van der Waals surface area (Å²) < 4.78 is 4.95. The lowest BCUT2D eigenvalue weighted by atomic mass is 9.94. The Labute approximate surface area is 162 Å². The van der Waals surface area contributed by atoms with Crippen LogP contribution in [0.25, 0.3) is 0 Å². The fourth-order valence-corrected chi connectivity index (χ4v) is 5.18. The Bertz CT molecular complexity index is 841. The Morgan fingerprint density at radius 1 is 1.33 bits per heavy atom. The van der Waals surface area contributed by atoms with Crippen molar-refractivity contribution in [1.82, 2.24) is 15.4 Å². The smallest absolute Gasteiger partial charge is 0.273 e. The van der Waals surface area contributed by atoms with Gasteiger partial charge in [0, 0.05) is 36.0 Å². The molecular formula is C20H25N3O3S. The van der Waals surface area contributed by atoms with E-state index in [2.05, 4.69) is 15.9 Å². The SMILES string of the molecule is Cc1cc(C(=O)NC[C@@H]2CCCN(C(=O)c3csc4c3CCCC4)C2)no1. The van der Waals surface area contributed by atoms with Gasteiger partial charge in [0.15, 0.2) is 5.69 Å². The van der Waals surface area contributed by atoms with Crippen molar-refractivity contribution in [3.63, 3.8) is 0 Å². The first-order valence-electron chi connectivity index (χ1n) is 9.72. The van der Waals surface area contributed by atoms with Gasteiger partial charge in [0.25, 0.3) is 11.8 Å². The van der Waals surface area contributed by atoms with Gasteiger partial charge in [-0.15, -0.1) is 11.3 Å². The zero-order valence-electron chi connectivity index (χ0n) is 15.6. The van der Waals surface area contributed by atoms with Crippen LogP contribution in [-0.2, 0) is 12.8 Å². The van der Waals surface area contributed by atoms with Crippen molar-refractivity contribution in [2.45, 2.75) is 45.4 Å². The molecule has 1 fully saturated rings. The van der Waals surface area contributed by atoms with Crippen molar-refractivity contribution >= 4 is 23.2 Å². The summed E-state index contributed by atoms with van der Waals surface area (Å²) in [6.45, 7) is 3.81. The molecular weight excluding hydrogens is 362 g/mol. The van der Waals surface area contributed by atoms with Crippen LogP contribution in [-0.4, -0.2) is 41.5 Å². The number of hydrogen-bond donors (Lipinski definition) is 1. The quantitative estimate of drug-likeness (QED) is 0.874. The van der Waals surface area contributed by atoms with Crippen LogP contribution in [0, 0.1) is 12.8 Å². The summed E-state index contributed by atoms with van der Waals surface area (Å²) in [6.07, 6.45) is 6.55. The van der Waals surface area contributed by atoms with Crippen molar-refractivity contribution < 1.29 is 14.1 Å². The number of carbonyl (C=O) groups excluding carboxylic acids is 2. The van der Waals surface area contributed by atoms with E-state index in [1.807, 2.05) is 4.90 Å². The minimum absolute atomic E-state index is 0.164. The number of nitrogens with zero attached hydrogens (tertiary/aromatic N) is 2. The van der Waals surface area contributed by atoms with Crippen LogP contribution >= 0.6 is 11.3 Å². The zero-order chi connectivity index (χ0) is 18.8. The summed E-state index contributed by atoms with van der Waals surface area (Å²) >= 11 is 1.74. The number of aromatic nitrogens is 1. The monoisotopic (exact) mass is 387 g/mol. The summed E-state index contributed by atoms with van der Waals surface area (Å²) in [6, 6.07) is 1.63. The molecule has 2 aliphatic rings.